The van der Waals surface area contributed by atoms with Crippen molar-refractivity contribution in [3.63, 3.8) is 0 Å². The second-order valence-corrected chi connectivity index (χ2v) is 7.89. The molecule has 5 heteroatoms. The molecule has 0 aliphatic carbocycles. The molecule has 1 aromatic carbocycles. The molecule has 1 fully saturated rings. The number of rotatable bonds is 4. The second kappa shape index (κ2) is 5.80. The van der Waals surface area contributed by atoms with Crippen LogP contribution in [0.3, 0.4) is 0 Å². The van der Waals surface area contributed by atoms with E-state index in [4.69, 9.17) is 11.6 Å². The first kappa shape index (κ1) is 14.8. The van der Waals surface area contributed by atoms with Crippen LogP contribution in [0.5, 0.6) is 0 Å². The van der Waals surface area contributed by atoms with Gasteiger partial charge in [-0.1, -0.05) is 6.07 Å². The van der Waals surface area contributed by atoms with Crippen LogP contribution in [-0.4, -0.2) is 25.8 Å². The minimum atomic E-state index is -2.88. The van der Waals surface area contributed by atoms with Crippen molar-refractivity contribution in [2.75, 3.05) is 17.4 Å². The van der Waals surface area contributed by atoms with Crippen molar-refractivity contribution in [2.45, 2.75) is 19.8 Å². The molecule has 0 aromatic heterocycles. The first-order chi connectivity index (χ1) is 8.91. The zero-order chi connectivity index (χ0) is 14.0. The molecule has 1 aromatic rings. The van der Waals surface area contributed by atoms with Gasteiger partial charge in [0, 0.05) is 5.88 Å². The Morgan fingerprint density at radius 2 is 2.21 bits per heavy atom. The molecule has 2 atom stereocenters. The van der Waals surface area contributed by atoms with E-state index in [1.807, 2.05) is 6.92 Å². The molecule has 2 rings (SSSR count). The summed E-state index contributed by atoms with van der Waals surface area (Å²) in [5.74, 6) is 0.983. The third-order valence-corrected chi connectivity index (χ3v) is 6.11. The Morgan fingerprint density at radius 1 is 1.47 bits per heavy atom. The molecular formula is C14H18ClFO2S. The molecule has 2 nitrogen and oxygen atoms in total. The van der Waals surface area contributed by atoms with Crippen molar-refractivity contribution < 1.29 is 12.8 Å². The molecular weight excluding hydrogens is 287 g/mol. The zero-order valence-electron chi connectivity index (χ0n) is 10.9. The number of alkyl halides is 1. The number of halogens is 2. The van der Waals surface area contributed by atoms with Gasteiger partial charge < -0.3 is 0 Å². The molecule has 19 heavy (non-hydrogen) atoms. The first-order valence-electron chi connectivity index (χ1n) is 6.42. The van der Waals surface area contributed by atoms with Crippen LogP contribution < -0.4 is 0 Å². The van der Waals surface area contributed by atoms with Gasteiger partial charge in [0.2, 0.25) is 0 Å². The maximum Gasteiger partial charge on any atom is 0.150 e. The fourth-order valence-corrected chi connectivity index (χ4v) is 4.99. The number of hydrogen-bond donors (Lipinski definition) is 0. The molecule has 0 bridgehead atoms. The maximum absolute atomic E-state index is 13.1. The number of benzene rings is 1. The Bertz CT molecular complexity index is 557. The van der Waals surface area contributed by atoms with E-state index in [9.17, 15) is 12.8 Å². The molecule has 1 aliphatic heterocycles. The highest BCUT2D eigenvalue weighted by Crippen LogP contribution is 2.30. The van der Waals surface area contributed by atoms with Crippen molar-refractivity contribution in [3.8, 4) is 0 Å². The number of hydrogen-bond acceptors (Lipinski definition) is 2. The lowest BCUT2D eigenvalue weighted by atomic mass is 9.86. The molecule has 0 spiro atoms. The summed E-state index contributed by atoms with van der Waals surface area (Å²) in [6.45, 7) is 1.87. The molecule has 0 N–H and O–H groups in total. The van der Waals surface area contributed by atoms with Gasteiger partial charge in [0.15, 0.2) is 9.84 Å². The van der Waals surface area contributed by atoms with Gasteiger partial charge in [0.25, 0.3) is 0 Å². The molecule has 0 radical (unpaired) electrons. The summed E-state index contributed by atoms with van der Waals surface area (Å²) in [5.41, 5.74) is 1.95. The Hall–Kier alpha value is -0.610. The van der Waals surface area contributed by atoms with E-state index >= 15 is 0 Å². The van der Waals surface area contributed by atoms with Crippen LogP contribution in [0.1, 0.15) is 17.5 Å². The summed E-state index contributed by atoms with van der Waals surface area (Å²) >= 11 is 6.01. The normalized spacial score (nSPS) is 23.4. The predicted molar refractivity (Wildman–Crippen MR) is 75.8 cm³/mol. The zero-order valence-corrected chi connectivity index (χ0v) is 12.5. The van der Waals surface area contributed by atoms with Crippen molar-refractivity contribution in [3.05, 3.63) is 35.1 Å². The lowest BCUT2D eigenvalue weighted by Gasteiger charge is -2.21. The summed E-state index contributed by atoms with van der Waals surface area (Å²) in [7, 11) is -2.88. The Balaban J connectivity index is 2.11. The van der Waals surface area contributed by atoms with Gasteiger partial charge in [0.1, 0.15) is 5.82 Å². The van der Waals surface area contributed by atoms with Crippen LogP contribution in [0.2, 0.25) is 0 Å². The van der Waals surface area contributed by atoms with E-state index in [1.54, 1.807) is 6.07 Å². The van der Waals surface area contributed by atoms with Gasteiger partial charge in [-0.05, 0) is 54.9 Å². The van der Waals surface area contributed by atoms with Gasteiger partial charge in [-0.2, -0.15) is 0 Å². The summed E-state index contributed by atoms with van der Waals surface area (Å²) in [6.07, 6.45) is 1.41. The fourth-order valence-electron chi connectivity index (χ4n) is 2.71. The first-order valence-corrected chi connectivity index (χ1v) is 8.78. The summed E-state index contributed by atoms with van der Waals surface area (Å²) in [6, 6.07) is 4.72. The SMILES string of the molecule is Cc1cc(F)ccc1CC(CCl)C1CCS(=O)(=O)C1. The van der Waals surface area contributed by atoms with Gasteiger partial charge in [-0.15, -0.1) is 11.6 Å². The molecule has 1 saturated heterocycles. The monoisotopic (exact) mass is 304 g/mol. The Kier molecular flexibility index (Phi) is 4.51. The van der Waals surface area contributed by atoms with Gasteiger partial charge >= 0.3 is 0 Å². The lowest BCUT2D eigenvalue weighted by molar-refractivity contribution is 0.397. The predicted octanol–water partition coefficient (Wildman–Crippen LogP) is 2.97. The number of aryl methyl sites for hydroxylation is 1. The van der Waals surface area contributed by atoms with Gasteiger partial charge in [-0.25, -0.2) is 12.8 Å². The molecule has 0 saturated carbocycles. The van der Waals surface area contributed by atoms with E-state index in [2.05, 4.69) is 0 Å². The van der Waals surface area contributed by atoms with Crippen LogP contribution in [-0.2, 0) is 16.3 Å². The smallest absolute Gasteiger partial charge is 0.150 e. The second-order valence-electron chi connectivity index (χ2n) is 5.35. The van der Waals surface area contributed by atoms with Crippen LogP contribution in [0, 0.1) is 24.6 Å². The molecule has 2 unspecified atom stereocenters. The van der Waals surface area contributed by atoms with Crippen LogP contribution in [0.25, 0.3) is 0 Å². The lowest BCUT2D eigenvalue weighted by Crippen LogP contribution is -2.20. The van der Waals surface area contributed by atoms with Crippen LogP contribution >= 0.6 is 11.6 Å². The average molecular weight is 305 g/mol. The fraction of sp³-hybridized carbons (Fsp3) is 0.571. The third kappa shape index (κ3) is 3.69. The highest BCUT2D eigenvalue weighted by atomic mass is 35.5. The topological polar surface area (TPSA) is 34.1 Å². The van der Waals surface area contributed by atoms with Crippen molar-refractivity contribution >= 4 is 21.4 Å². The van der Waals surface area contributed by atoms with Crippen LogP contribution in [0.4, 0.5) is 4.39 Å². The highest BCUT2D eigenvalue weighted by molar-refractivity contribution is 7.91. The third-order valence-electron chi connectivity index (χ3n) is 3.92. The molecule has 1 aliphatic rings. The standard InChI is InChI=1S/C14H18ClFO2S/c1-10-6-14(16)3-2-11(10)7-13(8-15)12-4-5-19(17,18)9-12/h2-3,6,12-13H,4-5,7-9H2,1H3. The maximum atomic E-state index is 13.1. The van der Waals surface area contributed by atoms with Crippen molar-refractivity contribution in [1.82, 2.24) is 0 Å². The largest absolute Gasteiger partial charge is 0.229 e. The van der Waals surface area contributed by atoms with Crippen LogP contribution in [0.15, 0.2) is 18.2 Å². The minimum absolute atomic E-state index is 0.131. The van der Waals surface area contributed by atoms with Crippen molar-refractivity contribution in [1.29, 1.82) is 0 Å². The van der Waals surface area contributed by atoms with E-state index in [-0.39, 0.29) is 29.2 Å². The number of sulfone groups is 1. The molecule has 106 valence electrons. The Labute approximate surface area is 118 Å². The van der Waals surface area contributed by atoms with E-state index in [1.165, 1.54) is 12.1 Å². The molecule has 0 amide bonds. The highest BCUT2D eigenvalue weighted by Gasteiger charge is 2.33. The average Bonchev–Trinajstić information content (AvgIpc) is 2.69. The van der Waals surface area contributed by atoms with E-state index < -0.39 is 9.84 Å². The van der Waals surface area contributed by atoms with E-state index in [0.717, 1.165) is 17.5 Å². The van der Waals surface area contributed by atoms with Gasteiger partial charge in [-0.3, -0.25) is 0 Å². The van der Waals surface area contributed by atoms with Gasteiger partial charge in [0.05, 0.1) is 11.5 Å². The van der Waals surface area contributed by atoms with Crippen molar-refractivity contribution in [2.24, 2.45) is 11.8 Å². The molecule has 1 heterocycles. The minimum Gasteiger partial charge on any atom is -0.229 e. The van der Waals surface area contributed by atoms with E-state index in [0.29, 0.717) is 12.3 Å². The summed E-state index contributed by atoms with van der Waals surface area (Å²) < 4.78 is 36.1. The Morgan fingerprint density at radius 3 is 2.74 bits per heavy atom. The summed E-state index contributed by atoms with van der Waals surface area (Å²) in [5, 5.41) is 0. The quantitative estimate of drug-likeness (QED) is 0.802. The summed E-state index contributed by atoms with van der Waals surface area (Å²) in [4.78, 5) is 0.